The van der Waals surface area contributed by atoms with Crippen molar-refractivity contribution in [2.24, 2.45) is 0 Å². The van der Waals surface area contributed by atoms with Crippen molar-refractivity contribution in [1.82, 2.24) is 0 Å². The summed E-state index contributed by atoms with van der Waals surface area (Å²) in [6.45, 7) is 4.89. The van der Waals surface area contributed by atoms with Crippen molar-refractivity contribution in [2.45, 2.75) is 13.8 Å². The second-order valence-electron chi connectivity index (χ2n) is 5.78. The van der Waals surface area contributed by atoms with Gasteiger partial charge in [0.2, 0.25) is 0 Å². The van der Waals surface area contributed by atoms with Gasteiger partial charge in [-0.2, -0.15) is 0 Å². The first-order valence-corrected chi connectivity index (χ1v) is 7.99. The minimum absolute atomic E-state index is 0.381. The maximum Gasteiger partial charge on any atom is 0.154 e. The van der Waals surface area contributed by atoms with Gasteiger partial charge in [-0.1, -0.05) is 48.0 Å². The van der Waals surface area contributed by atoms with Gasteiger partial charge in [-0.25, -0.2) is 0 Å². The van der Waals surface area contributed by atoms with Crippen LogP contribution in [0.15, 0.2) is 54.6 Å². The van der Waals surface area contributed by atoms with E-state index in [0.717, 1.165) is 28.4 Å². The van der Waals surface area contributed by atoms with Gasteiger partial charge in [0.25, 0.3) is 0 Å². The lowest BCUT2D eigenvalue weighted by Crippen LogP contribution is -2.10. The summed E-state index contributed by atoms with van der Waals surface area (Å²) in [7, 11) is 0. The van der Waals surface area contributed by atoms with Crippen molar-refractivity contribution >= 4 is 17.1 Å². The molecule has 0 atom stereocenters. The van der Waals surface area contributed by atoms with Gasteiger partial charge < -0.3 is 9.47 Å². The van der Waals surface area contributed by atoms with Crippen LogP contribution in [0, 0.1) is 13.8 Å². The molecule has 122 valence electrons. The van der Waals surface area contributed by atoms with Gasteiger partial charge in [-0.05, 0) is 42.3 Å². The molecule has 3 heteroatoms. The quantitative estimate of drug-likeness (QED) is 0.487. The SMILES string of the molecule is Cc1ccc(OCCOc2ccc3ccccc3c2C=O)c(C)c1. The van der Waals surface area contributed by atoms with Crippen LogP contribution in [0.5, 0.6) is 11.5 Å². The summed E-state index contributed by atoms with van der Waals surface area (Å²) in [6.07, 6.45) is 0.850. The van der Waals surface area contributed by atoms with Gasteiger partial charge >= 0.3 is 0 Å². The molecule has 0 bridgehead atoms. The topological polar surface area (TPSA) is 35.5 Å². The Hall–Kier alpha value is -2.81. The molecule has 0 saturated carbocycles. The highest BCUT2D eigenvalue weighted by molar-refractivity contribution is 6.00. The number of hydrogen-bond acceptors (Lipinski definition) is 3. The molecule has 0 fully saturated rings. The van der Waals surface area contributed by atoms with Crippen LogP contribution in [0.25, 0.3) is 10.8 Å². The molecule has 0 aliphatic heterocycles. The van der Waals surface area contributed by atoms with Gasteiger partial charge in [0, 0.05) is 0 Å². The van der Waals surface area contributed by atoms with Gasteiger partial charge in [0.05, 0.1) is 5.56 Å². The van der Waals surface area contributed by atoms with Gasteiger partial charge in [0.1, 0.15) is 24.7 Å². The van der Waals surface area contributed by atoms with Crippen molar-refractivity contribution in [3.63, 3.8) is 0 Å². The molecule has 3 rings (SSSR count). The van der Waals surface area contributed by atoms with E-state index in [2.05, 4.69) is 13.0 Å². The van der Waals surface area contributed by atoms with Gasteiger partial charge in [0.15, 0.2) is 6.29 Å². The lowest BCUT2D eigenvalue weighted by atomic mass is 10.0. The molecule has 24 heavy (non-hydrogen) atoms. The highest BCUT2D eigenvalue weighted by Gasteiger charge is 2.08. The first-order chi connectivity index (χ1) is 11.7. The molecule has 0 heterocycles. The smallest absolute Gasteiger partial charge is 0.154 e. The van der Waals surface area contributed by atoms with Crippen LogP contribution < -0.4 is 9.47 Å². The van der Waals surface area contributed by atoms with Crippen molar-refractivity contribution in [3.05, 3.63) is 71.3 Å². The molecule has 0 radical (unpaired) electrons. The number of ether oxygens (including phenoxy) is 2. The summed E-state index contributed by atoms with van der Waals surface area (Å²) in [5.41, 5.74) is 2.90. The minimum Gasteiger partial charge on any atom is -0.490 e. The molecule has 0 unspecified atom stereocenters. The molecule has 0 aromatic heterocycles. The summed E-state index contributed by atoms with van der Waals surface area (Å²) < 4.78 is 11.5. The third-order valence-electron chi connectivity index (χ3n) is 3.98. The van der Waals surface area contributed by atoms with E-state index in [1.54, 1.807) is 0 Å². The van der Waals surface area contributed by atoms with Crippen molar-refractivity contribution in [2.75, 3.05) is 13.2 Å². The molecule has 0 aliphatic rings. The van der Waals surface area contributed by atoms with E-state index < -0.39 is 0 Å². The number of carbonyl (C=O) groups is 1. The summed E-state index contributed by atoms with van der Waals surface area (Å²) in [5.74, 6) is 1.45. The zero-order chi connectivity index (χ0) is 16.9. The van der Waals surface area contributed by atoms with E-state index in [0.29, 0.717) is 24.5 Å². The normalized spacial score (nSPS) is 10.6. The maximum absolute atomic E-state index is 11.5. The first-order valence-electron chi connectivity index (χ1n) is 7.99. The standard InChI is InChI=1S/C21H20O3/c1-15-7-9-20(16(2)13-15)23-11-12-24-21-10-8-17-5-3-4-6-18(17)19(21)14-22/h3-10,13-14H,11-12H2,1-2H3. The van der Waals surface area contributed by atoms with Crippen molar-refractivity contribution in [3.8, 4) is 11.5 Å². The highest BCUT2D eigenvalue weighted by Crippen LogP contribution is 2.26. The lowest BCUT2D eigenvalue weighted by Gasteiger charge is -2.13. The molecule has 0 aliphatic carbocycles. The maximum atomic E-state index is 11.5. The molecule has 3 aromatic rings. The summed E-state index contributed by atoms with van der Waals surface area (Å²) in [6, 6.07) is 17.7. The summed E-state index contributed by atoms with van der Waals surface area (Å²) >= 11 is 0. The Bertz CT molecular complexity index is 868. The summed E-state index contributed by atoms with van der Waals surface area (Å²) in [4.78, 5) is 11.5. The molecule has 0 N–H and O–H groups in total. The average Bonchev–Trinajstić information content (AvgIpc) is 2.59. The molecule has 0 saturated heterocycles. The number of aryl methyl sites for hydroxylation is 2. The first kappa shape index (κ1) is 16.1. The Kier molecular flexibility index (Phi) is 4.80. The highest BCUT2D eigenvalue weighted by atomic mass is 16.5. The molecule has 3 aromatic carbocycles. The van der Waals surface area contributed by atoms with Crippen LogP contribution >= 0.6 is 0 Å². The Morgan fingerprint density at radius 1 is 0.875 bits per heavy atom. The van der Waals surface area contributed by atoms with Crippen LogP contribution in [0.4, 0.5) is 0 Å². The van der Waals surface area contributed by atoms with E-state index in [4.69, 9.17) is 9.47 Å². The Morgan fingerprint density at radius 3 is 2.33 bits per heavy atom. The summed E-state index contributed by atoms with van der Waals surface area (Å²) in [5, 5.41) is 1.93. The van der Waals surface area contributed by atoms with Crippen molar-refractivity contribution in [1.29, 1.82) is 0 Å². The third-order valence-corrected chi connectivity index (χ3v) is 3.98. The predicted molar refractivity (Wildman–Crippen MR) is 96.2 cm³/mol. The van der Waals surface area contributed by atoms with Gasteiger partial charge in [-0.3, -0.25) is 4.79 Å². The molecular formula is C21H20O3. The van der Waals surface area contributed by atoms with Crippen molar-refractivity contribution < 1.29 is 14.3 Å². The monoisotopic (exact) mass is 320 g/mol. The Labute approximate surface area is 141 Å². The van der Waals surface area contributed by atoms with E-state index in [9.17, 15) is 4.79 Å². The molecular weight excluding hydrogens is 300 g/mol. The number of rotatable bonds is 6. The minimum atomic E-state index is 0.381. The number of aldehydes is 1. The third kappa shape index (κ3) is 3.40. The number of carbonyl (C=O) groups excluding carboxylic acids is 1. The second kappa shape index (κ2) is 7.18. The number of hydrogen-bond donors (Lipinski definition) is 0. The Morgan fingerprint density at radius 2 is 1.58 bits per heavy atom. The lowest BCUT2D eigenvalue weighted by molar-refractivity contribution is 0.112. The zero-order valence-corrected chi connectivity index (χ0v) is 13.9. The molecule has 0 spiro atoms. The van der Waals surface area contributed by atoms with E-state index in [-0.39, 0.29) is 0 Å². The van der Waals surface area contributed by atoms with Crippen LogP contribution in [0.2, 0.25) is 0 Å². The molecule has 3 nitrogen and oxygen atoms in total. The fourth-order valence-corrected chi connectivity index (χ4v) is 2.79. The van der Waals surface area contributed by atoms with E-state index in [1.807, 2.05) is 55.5 Å². The zero-order valence-electron chi connectivity index (χ0n) is 13.9. The number of benzene rings is 3. The van der Waals surface area contributed by atoms with Gasteiger partial charge in [-0.15, -0.1) is 0 Å². The molecule has 0 amide bonds. The average molecular weight is 320 g/mol. The van der Waals surface area contributed by atoms with Crippen LogP contribution in [-0.2, 0) is 0 Å². The largest absolute Gasteiger partial charge is 0.490 e. The fraction of sp³-hybridized carbons (Fsp3) is 0.190. The Balaban J connectivity index is 1.66. The van der Waals surface area contributed by atoms with Crippen LogP contribution in [0.3, 0.4) is 0 Å². The van der Waals surface area contributed by atoms with E-state index >= 15 is 0 Å². The van der Waals surface area contributed by atoms with Crippen LogP contribution in [0.1, 0.15) is 21.5 Å². The predicted octanol–water partition coefficient (Wildman–Crippen LogP) is 4.73. The van der Waals surface area contributed by atoms with Crippen LogP contribution in [-0.4, -0.2) is 19.5 Å². The fourth-order valence-electron chi connectivity index (χ4n) is 2.79. The van der Waals surface area contributed by atoms with E-state index in [1.165, 1.54) is 5.56 Å². The second-order valence-corrected chi connectivity index (χ2v) is 5.78. The number of fused-ring (bicyclic) bond motifs is 1.